The highest BCUT2D eigenvalue weighted by Crippen LogP contribution is 2.21. The lowest BCUT2D eigenvalue weighted by atomic mass is 10.1. The van der Waals surface area contributed by atoms with Gasteiger partial charge in [-0.05, 0) is 12.1 Å². The van der Waals surface area contributed by atoms with Crippen molar-refractivity contribution in [2.45, 2.75) is 6.42 Å². The quantitative estimate of drug-likeness (QED) is 0.564. The molecule has 0 aliphatic rings. The minimum Gasteiger partial charge on any atom is -0.258 e. The van der Waals surface area contributed by atoms with Gasteiger partial charge in [-0.3, -0.25) is 10.1 Å². The van der Waals surface area contributed by atoms with Crippen LogP contribution in [0.5, 0.6) is 0 Å². The van der Waals surface area contributed by atoms with Crippen LogP contribution in [0.1, 0.15) is 12.0 Å². The van der Waals surface area contributed by atoms with E-state index in [0.29, 0.717) is 0 Å². The molecule has 0 fully saturated rings. The van der Waals surface area contributed by atoms with Gasteiger partial charge < -0.3 is 0 Å². The summed E-state index contributed by atoms with van der Waals surface area (Å²) >= 11 is 0. The van der Waals surface area contributed by atoms with Gasteiger partial charge in [0.1, 0.15) is 5.82 Å². The highest BCUT2D eigenvalue weighted by molar-refractivity contribution is 5.60. The van der Waals surface area contributed by atoms with Crippen molar-refractivity contribution in [1.29, 1.82) is 5.26 Å². The molecule has 0 aliphatic carbocycles. The van der Waals surface area contributed by atoms with Crippen molar-refractivity contribution in [2.75, 3.05) is 0 Å². The highest BCUT2D eigenvalue weighted by Gasteiger charge is 2.11. The number of hydrogen-bond donors (Lipinski definition) is 0. The van der Waals surface area contributed by atoms with Crippen LogP contribution in [0, 0.1) is 27.3 Å². The molecule has 15 heavy (non-hydrogen) atoms. The van der Waals surface area contributed by atoms with Gasteiger partial charge in [0.05, 0.1) is 29.0 Å². The van der Waals surface area contributed by atoms with Crippen molar-refractivity contribution in [2.24, 2.45) is 0 Å². The largest absolute Gasteiger partial charge is 0.279 e. The molecule has 1 aromatic carbocycles. The van der Waals surface area contributed by atoms with E-state index in [-0.39, 0.29) is 17.7 Å². The van der Waals surface area contributed by atoms with Gasteiger partial charge in [0.2, 0.25) is 0 Å². The molecule has 0 unspecified atom stereocenters. The molecule has 0 aromatic heterocycles. The number of halogens is 1. The molecule has 0 aliphatic heterocycles. The zero-order chi connectivity index (χ0) is 11.3. The second-order valence-electron chi connectivity index (χ2n) is 2.72. The maximum absolute atomic E-state index is 12.7. The Morgan fingerprint density at radius 3 is 2.93 bits per heavy atom. The lowest BCUT2D eigenvalue weighted by Gasteiger charge is -1.96. The number of benzene rings is 1. The van der Waals surface area contributed by atoms with Gasteiger partial charge in [0.25, 0.3) is 5.69 Å². The van der Waals surface area contributed by atoms with Gasteiger partial charge in [-0.25, -0.2) is 4.39 Å². The van der Waals surface area contributed by atoms with E-state index in [1.807, 2.05) is 6.07 Å². The molecule has 0 spiro atoms. The Bertz CT molecular complexity index is 449. The number of hydrogen-bond acceptors (Lipinski definition) is 3. The summed E-state index contributed by atoms with van der Waals surface area (Å²) in [5, 5.41) is 18.8. The normalized spacial score (nSPS) is 10.1. The molecule has 5 heteroatoms. The van der Waals surface area contributed by atoms with Gasteiger partial charge >= 0.3 is 0 Å². The third-order valence-electron chi connectivity index (χ3n) is 1.70. The maximum atomic E-state index is 12.7. The molecule has 0 radical (unpaired) electrons. The fraction of sp³-hybridized carbons (Fsp3) is 0.100. The van der Waals surface area contributed by atoms with Crippen LogP contribution in [0.3, 0.4) is 0 Å². The van der Waals surface area contributed by atoms with Gasteiger partial charge in [-0.1, -0.05) is 12.2 Å². The van der Waals surface area contributed by atoms with E-state index >= 15 is 0 Å². The fourth-order valence-electron chi connectivity index (χ4n) is 1.05. The molecule has 4 nitrogen and oxygen atoms in total. The van der Waals surface area contributed by atoms with E-state index in [0.717, 1.165) is 12.1 Å². The SMILES string of the molecule is N#CCC=Cc1ccc(F)cc1[N+](=O)[O-]. The Morgan fingerprint density at radius 1 is 1.60 bits per heavy atom. The topological polar surface area (TPSA) is 66.9 Å². The monoisotopic (exact) mass is 206 g/mol. The summed E-state index contributed by atoms with van der Waals surface area (Å²) in [5.74, 6) is -0.654. The van der Waals surface area contributed by atoms with E-state index in [9.17, 15) is 14.5 Å². The van der Waals surface area contributed by atoms with Crippen LogP contribution in [-0.4, -0.2) is 4.92 Å². The molecule has 1 rings (SSSR count). The summed E-state index contributed by atoms with van der Waals surface area (Å²) in [5.41, 5.74) is -0.0131. The summed E-state index contributed by atoms with van der Waals surface area (Å²) in [7, 11) is 0. The molecule has 0 N–H and O–H groups in total. The van der Waals surface area contributed by atoms with E-state index in [4.69, 9.17) is 5.26 Å². The first-order chi connectivity index (χ1) is 7.15. The third kappa shape index (κ3) is 2.88. The van der Waals surface area contributed by atoms with Gasteiger partial charge in [0, 0.05) is 0 Å². The summed E-state index contributed by atoms with van der Waals surface area (Å²) in [6, 6.07) is 5.17. The zero-order valence-electron chi connectivity index (χ0n) is 7.68. The minimum absolute atomic E-state index is 0.161. The van der Waals surface area contributed by atoms with Gasteiger partial charge in [-0.2, -0.15) is 5.26 Å². The Balaban J connectivity index is 3.07. The maximum Gasteiger partial charge on any atom is 0.279 e. The van der Waals surface area contributed by atoms with E-state index in [1.165, 1.54) is 18.2 Å². The minimum atomic E-state index is -0.658. The van der Waals surface area contributed by atoms with Crippen molar-refractivity contribution >= 4 is 11.8 Å². The molecule has 0 saturated heterocycles. The second-order valence-corrected chi connectivity index (χ2v) is 2.72. The number of nitriles is 1. The second kappa shape index (κ2) is 4.86. The van der Waals surface area contributed by atoms with Crippen LogP contribution >= 0.6 is 0 Å². The van der Waals surface area contributed by atoms with E-state index < -0.39 is 10.7 Å². The van der Waals surface area contributed by atoms with Crippen molar-refractivity contribution in [3.8, 4) is 6.07 Å². The van der Waals surface area contributed by atoms with Gasteiger partial charge in [-0.15, -0.1) is 0 Å². The summed E-state index contributed by atoms with van der Waals surface area (Å²) in [6.07, 6.45) is 3.08. The Kier molecular flexibility index (Phi) is 3.52. The molecule has 0 bridgehead atoms. The molecular weight excluding hydrogens is 199 g/mol. The molecular formula is C10H7FN2O2. The Morgan fingerprint density at radius 2 is 2.33 bits per heavy atom. The Labute approximate surface area is 85.4 Å². The van der Waals surface area contributed by atoms with Gasteiger partial charge in [0.15, 0.2) is 0 Å². The third-order valence-corrected chi connectivity index (χ3v) is 1.70. The lowest BCUT2D eigenvalue weighted by Crippen LogP contribution is -1.92. The number of allylic oxidation sites excluding steroid dienone is 1. The number of nitrogens with zero attached hydrogens (tertiary/aromatic N) is 2. The van der Waals surface area contributed by atoms with Crippen molar-refractivity contribution in [3.63, 3.8) is 0 Å². The number of nitro groups is 1. The fourth-order valence-corrected chi connectivity index (χ4v) is 1.05. The first-order valence-electron chi connectivity index (χ1n) is 4.12. The summed E-state index contributed by atoms with van der Waals surface area (Å²) < 4.78 is 12.7. The van der Waals surface area contributed by atoms with Crippen molar-refractivity contribution in [3.05, 3.63) is 45.8 Å². The van der Waals surface area contributed by atoms with Crippen LogP contribution in [-0.2, 0) is 0 Å². The van der Waals surface area contributed by atoms with E-state index in [1.54, 1.807) is 0 Å². The van der Waals surface area contributed by atoms with Crippen LogP contribution in [0.25, 0.3) is 6.08 Å². The average molecular weight is 206 g/mol. The van der Waals surface area contributed by atoms with Crippen molar-refractivity contribution < 1.29 is 9.31 Å². The van der Waals surface area contributed by atoms with E-state index in [2.05, 4.69) is 0 Å². The highest BCUT2D eigenvalue weighted by atomic mass is 19.1. The number of rotatable bonds is 3. The molecule has 0 heterocycles. The standard InChI is InChI=1S/C10H7FN2O2/c11-9-5-4-8(3-1-2-6-12)10(7-9)13(14)15/h1,3-5,7H,2H2. The molecule has 76 valence electrons. The van der Waals surface area contributed by atoms with Crippen LogP contribution in [0.15, 0.2) is 24.3 Å². The first-order valence-corrected chi connectivity index (χ1v) is 4.12. The number of nitro benzene ring substituents is 1. The predicted octanol–water partition coefficient (Wildman–Crippen LogP) is 2.66. The lowest BCUT2D eigenvalue weighted by molar-refractivity contribution is -0.385. The van der Waals surface area contributed by atoms with Crippen LogP contribution in [0.4, 0.5) is 10.1 Å². The Hall–Kier alpha value is -2.22. The molecule has 0 atom stereocenters. The predicted molar refractivity (Wildman–Crippen MR) is 52.3 cm³/mol. The first kappa shape index (κ1) is 10.9. The smallest absolute Gasteiger partial charge is 0.258 e. The average Bonchev–Trinajstić information content (AvgIpc) is 2.20. The molecule has 0 saturated carbocycles. The van der Waals surface area contributed by atoms with Crippen molar-refractivity contribution in [1.82, 2.24) is 0 Å². The summed E-state index contributed by atoms with van der Waals surface area (Å²) in [4.78, 5) is 9.89. The molecule has 0 amide bonds. The van der Waals surface area contributed by atoms with Crippen LogP contribution < -0.4 is 0 Å². The van der Waals surface area contributed by atoms with Crippen LogP contribution in [0.2, 0.25) is 0 Å². The summed E-state index contributed by atoms with van der Waals surface area (Å²) in [6.45, 7) is 0. The molecule has 1 aromatic rings. The zero-order valence-corrected chi connectivity index (χ0v) is 7.68.